The molecule has 0 saturated heterocycles. The van der Waals surface area contributed by atoms with Gasteiger partial charge in [-0.25, -0.2) is 0 Å². The predicted molar refractivity (Wildman–Crippen MR) is 78.1 cm³/mol. The Kier molecular flexibility index (Phi) is 4.47. The number of aromatic nitrogens is 3. The first-order valence-electron chi connectivity index (χ1n) is 6.76. The summed E-state index contributed by atoms with van der Waals surface area (Å²) < 4.78 is 0. The van der Waals surface area contributed by atoms with E-state index < -0.39 is 0 Å². The number of aromatic amines is 1. The number of hydrogen-bond acceptors (Lipinski definition) is 4. The van der Waals surface area contributed by atoms with Crippen LogP contribution < -0.4 is 5.32 Å². The SMILES string of the molecule is CC(=O)c1ccc(C(=O)NCc2cc(C(C)C)n[nH]2)nc1. The molecule has 2 rings (SSSR count). The summed E-state index contributed by atoms with van der Waals surface area (Å²) in [5, 5.41) is 9.81. The second-order valence-corrected chi connectivity index (χ2v) is 5.14. The summed E-state index contributed by atoms with van der Waals surface area (Å²) >= 11 is 0. The summed E-state index contributed by atoms with van der Waals surface area (Å²) in [6.07, 6.45) is 1.41. The van der Waals surface area contributed by atoms with Crippen LogP contribution in [-0.4, -0.2) is 26.9 Å². The van der Waals surface area contributed by atoms with E-state index in [0.29, 0.717) is 18.0 Å². The number of carbonyl (C=O) groups is 2. The van der Waals surface area contributed by atoms with Crippen molar-refractivity contribution < 1.29 is 9.59 Å². The fourth-order valence-corrected chi connectivity index (χ4v) is 1.77. The highest BCUT2D eigenvalue weighted by molar-refractivity contribution is 5.96. The van der Waals surface area contributed by atoms with Crippen molar-refractivity contribution in [1.29, 1.82) is 0 Å². The van der Waals surface area contributed by atoms with Crippen molar-refractivity contribution in [3.05, 3.63) is 47.0 Å². The van der Waals surface area contributed by atoms with Gasteiger partial charge in [0.05, 0.1) is 17.9 Å². The van der Waals surface area contributed by atoms with Gasteiger partial charge in [-0.3, -0.25) is 19.7 Å². The quantitative estimate of drug-likeness (QED) is 0.823. The van der Waals surface area contributed by atoms with E-state index >= 15 is 0 Å². The monoisotopic (exact) mass is 286 g/mol. The lowest BCUT2D eigenvalue weighted by atomic mass is 10.1. The summed E-state index contributed by atoms with van der Waals surface area (Å²) in [5.74, 6) is -0.0228. The van der Waals surface area contributed by atoms with E-state index in [1.165, 1.54) is 13.1 Å². The van der Waals surface area contributed by atoms with Gasteiger partial charge in [0.1, 0.15) is 5.69 Å². The van der Waals surface area contributed by atoms with Crippen molar-refractivity contribution in [3.8, 4) is 0 Å². The molecule has 2 heterocycles. The highest BCUT2D eigenvalue weighted by Crippen LogP contribution is 2.11. The highest BCUT2D eigenvalue weighted by Gasteiger charge is 2.10. The Hall–Kier alpha value is -2.50. The van der Waals surface area contributed by atoms with Crippen LogP contribution in [0.1, 0.15) is 58.9 Å². The van der Waals surface area contributed by atoms with Crippen LogP contribution in [0.15, 0.2) is 24.4 Å². The second kappa shape index (κ2) is 6.30. The molecule has 0 aromatic carbocycles. The maximum atomic E-state index is 11.9. The van der Waals surface area contributed by atoms with E-state index in [1.807, 2.05) is 6.07 Å². The first-order valence-corrected chi connectivity index (χ1v) is 6.76. The Morgan fingerprint density at radius 1 is 1.33 bits per heavy atom. The number of H-pyrrole nitrogens is 1. The maximum absolute atomic E-state index is 11.9. The average molecular weight is 286 g/mol. The Balaban J connectivity index is 1.96. The maximum Gasteiger partial charge on any atom is 0.270 e. The van der Waals surface area contributed by atoms with Crippen molar-refractivity contribution >= 4 is 11.7 Å². The molecule has 0 unspecified atom stereocenters. The Labute approximate surface area is 123 Å². The van der Waals surface area contributed by atoms with Crippen LogP contribution in [0.25, 0.3) is 0 Å². The van der Waals surface area contributed by atoms with Gasteiger partial charge in [0, 0.05) is 11.8 Å². The van der Waals surface area contributed by atoms with Gasteiger partial charge in [0.15, 0.2) is 5.78 Å². The number of carbonyl (C=O) groups excluding carboxylic acids is 2. The molecule has 0 bridgehead atoms. The Morgan fingerprint density at radius 2 is 2.10 bits per heavy atom. The Bertz CT molecular complexity index is 644. The summed E-state index contributed by atoms with van der Waals surface area (Å²) in [6, 6.07) is 5.06. The van der Waals surface area contributed by atoms with Crippen molar-refractivity contribution in [3.63, 3.8) is 0 Å². The van der Waals surface area contributed by atoms with E-state index in [9.17, 15) is 9.59 Å². The van der Waals surface area contributed by atoms with Crippen LogP contribution >= 0.6 is 0 Å². The average Bonchev–Trinajstić information content (AvgIpc) is 2.94. The van der Waals surface area contributed by atoms with Crippen LogP contribution in [0.4, 0.5) is 0 Å². The van der Waals surface area contributed by atoms with Crippen LogP contribution in [0, 0.1) is 0 Å². The third-order valence-corrected chi connectivity index (χ3v) is 3.08. The highest BCUT2D eigenvalue weighted by atomic mass is 16.2. The van der Waals surface area contributed by atoms with E-state index in [2.05, 4.69) is 34.3 Å². The zero-order valence-corrected chi connectivity index (χ0v) is 12.3. The standard InChI is InChI=1S/C15H18N4O2/c1-9(2)14-6-12(18-19-14)8-17-15(21)13-5-4-11(7-16-13)10(3)20/h4-7,9H,8H2,1-3H3,(H,17,21)(H,18,19). The van der Waals surface area contributed by atoms with Crippen LogP contribution in [-0.2, 0) is 6.54 Å². The minimum atomic E-state index is -0.286. The number of nitrogens with zero attached hydrogens (tertiary/aromatic N) is 2. The number of pyridine rings is 1. The lowest BCUT2D eigenvalue weighted by Crippen LogP contribution is -2.24. The van der Waals surface area contributed by atoms with E-state index in [4.69, 9.17) is 0 Å². The summed E-state index contributed by atoms with van der Waals surface area (Å²) in [4.78, 5) is 27.1. The van der Waals surface area contributed by atoms with Gasteiger partial charge in [-0.15, -0.1) is 0 Å². The largest absolute Gasteiger partial charge is 0.345 e. The summed E-state index contributed by atoms with van der Waals surface area (Å²) in [7, 11) is 0. The molecule has 21 heavy (non-hydrogen) atoms. The molecule has 0 fully saturated rings. The van der Waals surface area contributed by atoms with E-state index in [-0.39, 0.29) is 17.4 Å². The first kappa shape index (κ1) is 14.9. The van der Waals surface area contributed by atoms with Gasteiger partial charge in [-0.05, 0) is 31.0 Å². The van der Waals surface area contributed by atoms with Crippen molar-refractivity contribution in [2.75, 3.05) is 0 Å². The summed E-state index contributed by atoms with van der Waals surface area (Å²) in [6.45, 7) is 5.92. The topological polar surface area (TPSA) is 87.7 Å². The van der Waals surface area contributed by atoms with Crippen LogP contribution in [0.3, 0.4) is 0 Å². The van der Waals surface area contributed by atoms with Crippen molar-refractivity contribution in [2.45, 2.75) is 33.2 Å². The third kappa shape index (κ3) is 3.75. The zero-order chi connectivity index (χ0) is 15.4. The van der Waals surface area contributed by atoms with E-state index in [0.717, 1.165) is 11.4 Å². The summed E-state index contributed by atoms with van der Waals surface area (Å²) in [5.41, 5.74) is 2.57. The molecule has 6 heteroatoms. The fourth-order valence-electron chi connectivity index (χ4n) is 1.77. The number of hydrogen-bond donors (Lipinski definition) is 2. The number of nitrogens with one attached hydrogen (secondary N) is 2. The second-order valence-electron chi connectivity index (χ2n) is 5.14. The van der Waals surface area contributed by atoms with Gasteiger partial charge in [-0.1, -0.05) is 13.8 Å². The molecule has 0 aliphatic carbocycles. The minimum Gasteiger partial charge on any atom is -0.345 e. The molecule has 0 aliphatic heterocycles. The molecule has 110 valence electrons. The molecule has 0 radical (unpaired) electrons. The molecule has 0 aliphatic rings. The van der Waals surface area contributed by atoms with Gasteiger partial charge in [0.25, 0.3) is 5.91 Å². The molecule has 0 atom stereocenters. The minimum absolute atomic E-state index is 0.0758. The molecule has 6 nitrogen and oxygen atoms in total. The number of ketones is 1. The van der Waals surface area contributed by atoms with Gasteiger partial charge in [-0.2, -0.15) is 5.10 Å². The lowest BCUT2D eigenvalue weighted by molar-refractivity contribution is 0.0943. The smallest absolute Gasteiger partial charge is 0.270 e. The first-order chi connectivity index (χ1) is 9.97. The van der Waals surface area contributed by atoms with Gasteiger partial charge in [0.2, 0.25) is 0 Å². The fraction of sp³-hybridized carbons (Fsp3) is 0.333. The molecule has 2 aromatic heterocycles. The van der Waals surface area contributed by atoms with Crippen molar-refractivity contribution in [2.24, 2.45) is 0 Å². The Morgan fingerprint density at radius 3 is 2.62 bits per heavy atom. The third-order valence-electron chi connectivity index (χ3n) is 3.08. The van der Waals surface area contributed by atoms with Crippen molar-refractivity contribution in [1.82, 2.24) is 20.5 Å². The van der Waals surface area contributed by atoms with Gasteiger partial charge < -0.3 is 5.32 Å². The molecular formula is C15H18N4O2. The predicted octanol–water partition coefficient (Wildman–Crippen LogP) is 2.06. The van der Waals surface area contributed by atoms with Crippen LogP contribution in [0.5, 0.6) is 0 Å². The zero-order valence-electron chi connectivity index (χ0n) is 12.3. The van der Waals surface area contributed by atoms with Crippen LogP contribution in [0.2, 0.25) is 0 Å². The lowest BCUT2D eigenvalue weighted by Gasteiger charge is -2.03. The molecular weight excluding hydrogens is 268 g/mol. The molecule has 2 aromatic rings. The molecule has 0 spiro atoms. The number of Topliss-reactive ketones (excluding diaryl/α,β-unsaturated/α-hetero) is 1. The molecule has 0 saturated carbocycles. The normalized spacial score (nSPS) is 10.7. The number of rotatable bonds is 5. The number of amides is 1. The van der Waals surface area contributed by atoms with Gasteiger partial charge >= 0.3 is 0 Å². The molecule has 2 N–H and O–H groups in total. The molecule has 1 amide bonds. The van der Waals surface area contributed by atoms with E-state index in [1.54, 1.807) is 12.1 Å².